The van der Waals surface area contributed by atoms with Crippen molar-refractivity contribution in [1.29, 1.82) is 0 Å². The minimum atomic E-state index is -0.0695. The van der Waals surface area contributed by atoms with Crippen molar-refractivity contribution < 1.29 is 4.39 Å². The minimum absolute atomic E-state index is 0.0695. The van der Waals surface area contributed by atoms with Crippen LogP contribution < -0.4 is 0 Å². The zero-order valence-electron chi connectivity index (χ0n) is 8.52. The summed E-state index contributed by atoms with van der Waals surface area (Å²) in [7, 11) is 0. The summed E-state index contributed by atoms with van der Waals surface area (Å²) in [6, 6.07) is 5.39. The molecule has 1 aromatic carbocycles. The molecule has 3 aliphatic rings. The van der Waals surface area contributed by atoms with Crippen molar-refractivity contribution in [1.82, 2.24) is 0 Å². The van der Waals surface area contributed by atoms with Crippen molar-refractivity contribution in [3.05, 3.63) is 35.1 Å². The van der Waals surface area contributed by atoms with Crippen LogP contribution in [0.4, 0.5) is 4.39 Å². The van der Waals surface area contributed by atoms with Crippen LogP contribution in [0.15, 0.2) is 18.2 Å². The summed E-state index contributed by atoms with van der Waals surface area (Å²) in [6.07, 6.45) is 5.09. The molecule has 0 radical (unpaired) electrons. The molecule has 0 saturated heterocycles. The van der Waals surface area contributed by atoms with E-state index in [2.05, 4.69) is 6.92 Å². The molecule has 14 heavy (non-hydrogen) atoms. The third kappa shape index (κ3) is 0.985. The highest BCUT2D eigenvalue weighted by Crippen LogP contribution is 2.52. The molecular weight excluding hydrogens is 175 g/mol. The van der Waals surface area contributed by atoms with Gasteiger partial charge in [0.05, 0.1) is 0 Å². The number of halogens is 1. The standard InChI is InChI=1S/C13H15F/c1-13-6-4-9(5-7-13)11-8-10(14)2-3-12(11)13/h2-3,8-9H,4-7H2,1H3. The number of rotatable bonds is 0. The van der Waals surface area contributed by atoms with E-state index in [1.807, 2.05) is 6.07 Å². The second-order valence-corrected chi connectivity index (χ2v) is 5.07. The Morgan fingerprint density at radius 3 is 2.71 bits per heavy atom. The first-order chi connectivity index (χ1) is 6.69. The van der Waals surface area contributed by atoms with Crippen molar-refractivity contribution in [3.63, 3.8) is 0 Å². The fourth-order valence-electron chi connectivity index (χ4n) is 3.26. The fraction of sp³-hybridized carbons (Fsp3) is 0.538. The monoisotopic (exact) mass is 190 g/mol. The highest BCUT2D eigenvalue weighted by Gasteiger charge is 2.41. The summed E-state index contributed by atoms with van der Waals surface area (Å²) in [4.78, 5) is 0. The van der Waals surface area contributed by atoms with E-state index >= 15 is 0 Å². The van der Waals surface area contributed by atoms with Crippen molar-refractivity contribution in [2.24, 2.45) is 0 Å². The predicted octanol–water partition coefficient (Wildman–Crippen LogP) is 3.75. The van der Waals surface area contributed by atoms with Gasteiger partial charge in [0.25, 0.3) is 0 Å². The third-order valence-electron chi connectivity index (χ3n) is 4.19. The summed E-state index contributed by atoms with van der Waals surface area (Å²) in [5.74, 6) is 0.572. The summed E-state index contributed by atoms with van der Waals surface area (Å²) >= 11 is 0. The maximum absolute atomic E-state index is 13.1. The first-order valence-electron chi connectivity index (χ1n) is 5.49. The average Bonchev–Trinajstić information content (AvgIpc) is 2.18. The van der Waals surface area contributed by atoms with Crippen molar-refractivity contribution in [2.45, 2.75) is 43.9 Å². The van der Waals surface area contributed by atoms with E-state index in [9.17, 15) is 4.39 Å². The van der Waals surface area contributed by atoms with Gasteiger partial charge in [0.15, 0.2) is 0 Å². The lowest BCUT2D eigenvalue weighted by atomic mass is 9.59. The van der Waals surface area contributed by atoms with E-state index in [1.54, 1.807) is 12.1 Å². The molecule has 0 atom stereocenters. The Hall–Kier alpha value is -0.850. The minimum Gasteiger partial charge on any atom is -0.207 e. The Labute approximate surface area is 84.1 Å². The molecule has 1 fully saturated rings. The lowest BCUT2D eigenvalue weighted by Crippen LogP contribution is -2.35. The maximum atomic E-state index is 13.1. The van der Waals surface area contributed by atoms with E-state index in [1.165, 1.54) is 36.8 Å². The van der Waals surface area contributed by atoms with Crippen LogP contribution in [-0.2, 0) is 5.41 Å². The molecule has 0 N–H and O–H groups in total. The van der Waals surface area contributed by atoms with Crippen LogP contribution in [0.2, 0.25) is 0 Å². The highest BCUT2D eigenvalue weighted by molar-refractivity contribution is 5.41. The molecule has 0 spiro atoms. The van der Waals surface area contributed by atoms with E-state index in [4.69, 9.17) is 0 Å². The first-order valence-corrected chi connectivity index (χ1v) is 5.49. The molecule has 0 unspecified atom stereocenters. The molecule has 0 nitrogen and oxygen atoms in total. The van der Waals surface area contributed by atoms with Crippen molar-refractivity contribution in [3.8, 4) is 0 Å². The SMILES string of the molecule is CC12CCC(CC1)c1cc(F)ccc12. The molecule has 1 aromatic rings. The van der Waals surface area contributed by atoms with Gasteiger partial charge < -0.3 is 0 Å². The Morgan fingerprint density at radius 1 is 1.29 bits per heavy atom. The van der Waals surface area contributed by atoms with Gasteiger partial charge in [0, 0.05) is 0 Å². The topological polar surface area (TPSA) is 0 Å². The molecule has 2 bridgehead atoms. The van der Waals surface area contributed by atoms with Gasteiger partial charge >= 0.3 is 0 Å². The van der Waals surface area contributed by atoms with Gasteiger partial charge in [0.2, 0.25) is 0 Å². The Morgan fingerprint density at radius 2 is 2.00 bits per heavy atom. The summed E-state index contributed by atoms with van der Waals surface area (Å²) in [5.41, 5.74) is 3.06. The molecule has 74 valence electrons. The smallest absolute Gasteiger partial charge is 0.123 e. The second-order valence-electron chi connectivity index (χ2n) is 5.07. The lowest BCUT2D eigenvalue weighted by Gasteiger charge is -2.46. The van der Waals surface area contributed by atoms with Crippen LogP contribution in [0.5, 0.6) is 0 Å². The van der Waals surface area contributed by atoms with Crippen LogP contribution >= 0.6 is 0 Å². The predicted molar refractivity (Wildman–Crippen MR) is 55.0 cm³/mol. The molecule has 1 heteroatoms. The third-order valence-corrected chi connectivity index (χ3v) is 4.19. The van der Waals surface area contributed by atoms with E-state index in [-0.39, 0.29) is 5.82 Å². The van der Waals surface area contributed by atoms with Crippen molar-refractivity contribution in [2.75, 3.05) is 0 Å². The Balaban J connectivity index is 2.23. The van der Waals surface area contributed by atoms with Gasteiger partial charge in [0.1, 0.15) is 5.82 Å². The van der Waals surface area contributed by atoms with Crippen LogP contribution in [0.3, 0.4) is 0 Å². The summed E-state index contributed by atoms with van der Waals surface area (Å²) in [5, 5.41) is 0. The number of fused-ring (bicyclic) bond motifs is 2. The molecule has 0 heterocycles. The zero-order chi connectivity index (χ0) is 9.76. The van der Waals surface area contributed by atoms with E-state index in [0.29, 0.717) is 11.3 Å². The van der Waals surface area contributed by atoms with Crippen LogP contribution in [0, 0.1) is 5.82 Å². The Kier molecular flexibility index (Phi) is 1.56. The summed E-state index contributed by atoms with van der Waals surface area (Å²) < 4.78 is 13.1. The van der Waals surface area contributed by atoms with Crippen LogP contribution in [0.25, 0.3) is 0 Å². The van der Waals surface area contributed by atoms with Gasteiger partial charge in [-0.2, -0.15) is 0 Å². The number of hydrogen-bond donors (Lipinski definition) is 0. The molecule has 1 saturated carbocycles. The maximum Gasteiger partial charge on any atom is 0.123 e. The molecule has 4 rings (SSSR count). The average molecular weight is 190 g/mol. The zero-order valence-corrected chi connectivity index (χ0v) is 8.52. The highest BCUT2D eigenvalue weighted by atomic mass is 19.1. The van der Waals surface area contributed by atoms with Gasteiger partial charge in [-0.15, -0.1) is 0 Å². The second kappa shape index (κ2) is 2.59. The van der Waals surface area contributed by atoms with E-state index < -0.39 is 0 Å². The molecule has 0 aromatic heterocycles. The van der Waals surface area contributed by atoms with Crippen molar-refractivity contribution >= 4 is 0 Å². The molecular formula is C13H15F. The van der Waals surface area contributed by atoms with Crippen LogP contribution in [0.1, 0.15) is 49.7 Å². The normalized spacial score (nSPS) is 34.3. The first kappa shape index (κ1) is 8.46. The quantitative estimate of drug-likeness (QED) is 0.584. The van der Waals surface area contributed by atoms with Gasteiger partial charge in [-0.1, -0.05) is 13.0 Å². The van der Waals surface area contributed by atoms with Gasteiger partial charge in [-0.3, -0.25) is 0 Å². The lowest BCUT2D eigenvalue weighted by molar-refractivity contribution is 0.257. The molecule has 0 amide bonds. The number of benzene rings is 1. The number of hydrogen-bond acceptors (Lipinski definition) is 0. The largest absolute Gasteiger partial charge is 0.207 e. The van der Waals surface area contributed by atoms with Crippen LogP contribution in [-0.4, -0.2) is 0 Å². The summed E-state index contributed by atoms with van der Waals surface area (Å²) in [6.45, 7) is 2.33. The Bertz CT molecular complexity index is 373. The van der Waals surface area contributed by atoms with E-state index in [0.717, 1.165) is 0 Å². The molecule has 0 aliphatic heterocycles. The molecule has 3 aliphatic carbocycles. The van der Waals surface area contributed by atoms with Gasteiger partial charge in [-0.05, 0) is 60.3 Å². The fourth-order valence-corrected chi connectivity index (χ4v) is 3.26. The van der Waals surface area contributed by atoms with Gasteiger partial charge in [-0.25, -0.2) is 4.39 Å².